The fourth-order valence-corrected chi connectivity index (χ4v) is 10.6. The highest BCUT2D eigenvalue weighted by Crippen LogP contribution is 2.19. The van der Waals surface area contributed by atoms with Gasteiger partial charge in [0.05, 0.1) is 0 Å². The fourth-order valence-electron chi connectivity index (χ4n) is 10.6. The highest BCUT2D eigenvalue weighted by atomic mass is 16.6. The summed E-state index contributed by atoms with van der Waals surface area (Å²) >= 11 is 0. The molecule has 440 valence electrons. The van der Waals surface area contributed by atoms with Gasteiger partial charge in [-0.05, 0) is 31.1 Å². The van der Waals surface area contributed by atoms with Gasteiger partial charge < -0.3 is 14.2 Å². The molecular formula is C68H132O6. The summed E-state index contributed by atoms with van der Waals surface area (Å²) in [5.41, 5.74) is 0. The summed E-state index contributed by atoms with van der Waals surface area (Å²) in [6.07, 6.45) is 68.2. The minimum absolute atomic E-state index is 0.0613. The summed E-state index contributed by atoms with van der Waals surface area (Å²) in [6.45, 7) is 11.5. The smallest absolute Gasteiger partial charge is 0.306 e. The molecule has 0 saturated heterocycles. The number of hydrogen-bond acceptors (Lipinski definition) is 6. The van der Waals surface area contributed by atoms with E-state index >= 15 is 0 Å². The Morgan fingerprint density at radius 1 is 0.257 bits per heavy atom. The molecule has 6 heteroatoms. The summed E-state index contributed by atoms with van der Waals surface area (Å²) in [7, 11) is 0. The largest absolute Gasteiger partial charge is 0.462 e. The van der Waals surface area contributed by atoms with Gasteiger partial charge in [-0.1, -0.05) is 349 Å². The van der Waals surface area contributed by atoms with Gasteiger partial charge in [0.15, 0.2) is 6.10 Å². The van der Waals surface area contributed by atoms with E-state index in [4.69, 9.17) is 14.2 Å². The predicted octanol–water partition coefficient (Wildman–Crippen LogP) is 22.8. The van der Waals surface area contributed by atoms with Crippen LogP contribution in [0.15, 0.2) is 0 Å². The van der Waals surface area contributed by atoms with Gasteiger partial charge in [-0.15, -0.1) is 0 Å². The maximum atomic E-state index is 12.9. The van der Waals surface area contributed by atoms with Gasteiger partial charge in [-0.3, -0.25) is 14.4 Å². The summed E-state index contributed by atoms with van der Waals surface area (Å²) in [5, 5.41) is 0. The van der Waals surface area contributed by atoms with Crippen molar-refractivity contribution in [2.24, 2.45) is 11.8 Å². The van der Waals surface area contributed by atoms with Crippen molar-refractivity contribution in [2.75, 3.05) is 13.2 Å². The molecule has 0 rings (SSSR count). The van der Waals surface area contributed by atoms with Crippen LogP contribution in [-0.4, -0.2) is 37.2 Å². The summed E-state index contributed by atoms with van der Waals surface area (Å²) in [6, 6.07) is 0. The number of carbonyl (C=O) groups excluding carboxylic acids is 3. The average Bonchev–Trinajstić information content (AvgIpc) is 3.38. The molecule has 0 aromatic carbocycles. The molecule has 0 spiro atoms. The topological polar surface area (TPSA) is 78.9 Å². The molecule has 0 aliphatic heterocycles. The molecule has 0 heterocycles. The van der Waals surface area contributed by atoms with Gasteiger partial charge in [0.1, 0.15) is 13.2 Å². The first kappa shape index (κ1) is 72.4. The van der Waals surface area contributed by atoms with Crippen LogP contribution >= 0.6 is 0 Å². The molecule has 0 N–H and O–H groups in total. The highest BCUT2D eigenvalue weighted by Gasteiger charge is 2.19. The van der Waals surface area contributed by atoms with E-state index in [1.54, 1.807) is 0 Å². The Morgan fingerprint density at radius 3 is 0.662 bits per heavy atom. The van der Waals surface area contributed by atoms with Gasteiger partial charge in [-0.2, -0.15) is 0 Å². The third-order valence-electron chi connectivity index (χ3n) is 15.7. The number of rotatable bonds is 62. The van der Waals surface area contributed by atoms with Gasteiger partial charge >= 0.3 is 17.9 Å². The molecule has 0 radical (unpaired) electrons. The highest BCUT2D eigenvalue weighted by molar-refractivity contribution is 5.71. The van der Waals surface area contributed by atoms with Crippen LogP contribution in [0.25, 0.3) is 0 Å². The van der Waals surface area contributed by atoms with Crippen molar-refractivity contribution in [3.63, 3.8) is 0 Å². The minimum Gasteiger partial charge on any atom is -0.462 e. The zero-order valence-corrected chi connectivity index (χ0v) is 51.0. The quantitative estimate of drug-likeness (QED) is 0.0343. The molecule has 6 nitrogen and oxygen atoms in total. The third-order valence-corrected chi connectivity index (χ3v) is 15.7. The van der Waals surface area contributed by atoms with Crippen molar-refractivity contribution in [1.82, 2.24) is 0 Å². The second kappa shape index (κ2) is 60.6. The lowest BCUT2D eigenvalue weighted by Crippen LogP contribution is -2.30. The van der Waals surface area contributed by atoms with Crippen LogP contribution in [0.2, 0.25) is 0 Å². The van der Waals surface area contributed by atoms with E-state index in [0.717, 1.165) is 69.6 Å². The van der Waals surface area contributed by atoms with E-state index in [2.05, 4.69) is 34.6 Å². The predicted molar refractivity (Wildman–Crippen MR) is 321 cm³/mol. The Balaban J connectivity index is 4.27. The Hall–Kier alpha value is -1.59. The van der Waals surface area contributed by atoms with Crippen LogP contribution in [0.5, 0.6) is 0 Å². The summed E-state index contributed by atoms with van der Waals surface area (Å²) in [4.78, 5) is 38.4. The fraction of sp³-hybridized carbons (Fsp3) is 0.956. The van der Waals surface area contributed by atoms with Crippen LogP contribution in [0.3, 0.4) is 0 Å². The van der Waals surface area contributed by atoms with E-state index in [9.17, 15) is 14.4 Å². The second-order valence-corrected chi connectivity index (χ2v) is 24.4. The lowest BCUT2D eigenvalue weighted by atomic mass is 10.0. The first-order valence-electron chi connectivity index (χ1n) is 33.7. The van der Waals surface area contributed by atoms with Gasteiger partial charge in [0, 0.05) is 19.3 Å². The van der Waals surface area contributed by atoms with Crippen LogP contribution in [0.1, 0.15) is 388 Å². The monoisotopic (exact) mass is 1050 g/mol. The molecule has 0 aliphatic rings. The molecular weight excluding hydrogens is 913 g/mol. The Labute approximate surface area is 463 Å². The van der Waals surface area contributed by atoms with Crippen molar-refractivity contribution in [2.45, 2.75) is 394 Å². The molecule has 0 aromatic heterocycles. The van der Waals surface area contributed by atoms with E-state index in [0.29, 0.717) is 19.3 Å². The molecule has 0 amide bonds. The second-order valence-electron chi connectivity index (χ2n) is 24.4. The van der Waals surface area contributed by atoms with Crippen molar-refractivity contribution in [3.8, 4) is 0 Å². The Morgan fingerprint density at radius 2 is 0.446 bits per heavy atom. The SMILES string of the molecule is CCCCCCCCCCCCCCCCCCC(=O)OC[C@@H](COC(=O)CCCCCCCCCCCCCCCCCCC(C)C)OC(=O)CCCCCCCCCCCCCCCCCCCCC(C)C. The van der Waals surface area contributed by atoms with Crippen molar-refractivity contribution in [1.29, 1.82) is 0 Å². The molecule has 0 aliphatic carbocycles. The molecule has 0 fully saturated rings. The number of carbonyl (C=O) groups is 3. The van der Waals surface area contributed by atoms with Crippen LogP contribution in [-0.2, 0) is 28.6 Å². The number of esters is 3. The minimum atomic E-state index is -0.764. The zero-order chi connectivity index (χ0) is 53.9. The Bertz CT molecular complexity index is 1140. The van der Waals surface area contributed by atoms with Gasteiger partial charge in [0.25, 0.3) is 0 Å². The van der Waals surface area contributed by atoms with Crippen LogP contribution in [0, 0.1) is 11.8 Å². The van der Waals surface area contributed by atoms with E-state index < -0.39 is 6.10 Å². The molecule has 0 aromatic rings. The third kappa shape index (κ3) is 61.3. The van der Waals surface area contributed by atoms with Crippen LogP contribution < -0.4 is 0 Å². The molecule has 0 saturated carbocycles. The number of ether oxygens (including phenoxy) is 3. The van der Waals surface area contributed by atoms with E-state index in [1.165, 1.54) is 276 Å². The summed E-state index contributed by atoms with van der Waals surface area (Å²) in [5.74, 6) is 0.885. The van der Waals surface area contributed by atoms with Gasteiger partial charge in [0.2, 0.25) is 0 Å². The maximum Gasteiger partial charge on any atom is 0.306 e. The van der Waals surface area contributed by atoms with Crippen LogP contribution in [0.4, 0.5) is 0 Å². The molecule has 0 bridgehead atoms. The number of hydrogen-bond donors (Lipinski definition) is 0. The van der Waals surface area contributed by atoms with Crippen molar-refractivity contribution >= 4 is 17.9 Å². The Kier molecular flexibility index (Phi) is 59.3. The van der Waals surface area contributed by atoms with Crippen molar-refractivity contribution < 1.29 is 28.6 Å². The van der Waals surface area contributed by atoms with Gasteiger partial charge in [-0.25, -0.2) is 0 Å². The van der Waals surface area contributed by atoms with Crippen molar-refractivity contribution in [3.05, 3.63) is 0 Å². The lowest BCUT2D eigenvalue weighted by Gasteiger charge is -2.18. The number of unbranched alkanes of at least 4 members (excludes halogenated alkanes) is 47. The van der Waals surface area contributed by atoms with E-state index in [1.807, 2.05) is 0 Å². The summed E-state index contributed by atoms with van der Waals surface area (Å²) < 4.78 is 17.0. The maximum absolute atomic E-state index is 12.9. The van der Waals surface area contributed by atoms with E-state index in [-0.39, 0.29) is 31.1 Å². The molecule has 1 atom stereocenters. The normalized spacial score (nSPS) is 12.0. The zero-order valence-electron chi connectivity index (χ0n) is 51.0. The standard InChI is InChI=1S/C68H132O6/c1-6-7-8-9-10-11-12-13-14-23-28-33-38-43-48-53-58-66(69)72-61-65(62-73-67(70)59-54-49-44-39-34-29-24-20-19-22-27-32-37-42-47-52-57-64(4)5)74-68(71)60-55-50-45-40-35-30-25-18-16-15-17-21-26-31-36-41-46-51-56-63(2)3/h63-65H,6-62H2,1-5H3/t65-/m0/s1. The average molecular weight is 1050 g/mol. The molecule has 0 unspecified atom stereocenters. The first-order chi connectivity index (χ1) is 36.2. The molecule has 74 heavy (non-hydrogen) atoms. The lowest BCUT2D eigenvalue weighted by molar-refractivity contribution is -0.167. The first-order valence-corrected chi connectivity index (χ1v) is 33.7.